The first-order valence-corrected chi connectivity index (χ1v) is 11.1. The molecule has 0 saturated carbocycles. The molecular formula is C27H24N4O3. The van der Waals surface area contributed by atoms with Gasteiger partial charge in [-0.2, -0.15) is 5.10 Å². The smallest absolute Gasteiger partial charge is 0.414 e. The number of anilines is 1. The van der Waals surface area contributed by atoms with Crippen LogP contribution in [0.25, 0.3) is 11.1 Å². The topological polar surface area (TPSA) is 76.5 Å². The molecular weight excluding hydrogens is 428 g/mol. The van der Waals surface area contributed by atoms with Crippen molar-refractivity contribution >= 4 is 17.7 Å². The molecule has 0 radical (unpaired) electrons. The van der Waals surface area contributed by atoms with E-state index in [9.17, 15) is 9.59 Å². The fourth-order valence-electron chi connectivity index (χ4n) is 4.03. The lowest BCUT2D eigenvalue weighted by atomic mass is 9.98. The Hall–Kier alpha value is -4.39. The number of hydrogen-bond acceptors (Lipinski definition) is 4. The molecule has 1 N–H and O–H groups in total. The Bertz CT molecular complexity index is 1280. The minimum absolute atomic E-state index is 0.167. The van der Waals surface area contributed by atoms with Crippen LogP contribution in [-0.2, 0) is 17.8 Å². The number of cyclic esters (lactones) is 1. The normalized spacial score (nSPS) is 13.1. The van der Waals surface area contributed by atoms with E-state index in [1.807, 2.05) is 35.1 Å². The van der Waals surface area contributed by atoms with E-state index in [0.29, 0.717) is 25.3 Å². The molecule has 0 spiro atoms. The quantitative estimate of drug-likeness (QED) is 0.448. The fraction of sp³-hybridized carbons (Fsp3) is 0.148. The fourth-order valence-corrected chi connectivity index (χ4v) is 4.03. The van der Waals surface area contributed by atoms with Gasteiger partial charge in [0.1, 0.15) is 6.61 Å². The Labute approximate surface area is 197 Å². The van der Waals surface area contributed by atoms with E-state index in [2.05, 4.69) is 40.7 Å². The number of hydrogen-bond donors (Lipinski definition) is 1. The lowest BCUT2D eigenvalue weighted by Crippen LogP contribution is -2.24. The summed E-state index contributed by atoms with van der Waals surface area (Å²) in [4.78, 5) is 26.0. The van der Waals surface area contributed by atoms with Crippen molar-refractivity contribution in [3.63, 3.8) is 0 Å². The highest BCUT2D eigenvalue weighted by atomic mass is 16.6. The summed E-state index contributed by atoms with van der Waals surface area (Å²) >= 11 is 0. The van der Waals surface area contributed by atoms with Crippen molar-refractivity contribution in [2.75, 3.05) is 18.1 Å². The summed E-state index contributed by atoms with van der Waals surface area (Å²) in [7, 11) is 0. The van der Waals surface area contributed by atoms with Gasteiger partial charge in [-0.05, 0) is 52.6 Å². The van der Waals surface area contributed by atoms with E-state index in [-0.39, 0.29) is 12.0 Å². The molecule has 5 rings (SSSR count). The molecule has 1 aliphatic heterocycles. The molecule has 7 nitrogen and oxygen atoms in total. The van der Waals surface area contributed by atoms with Gasteiger partial charge in [0.2, 0.25) is 0 Å². The molecule has 170 valence electrons. The highest BCUT2D eigenvalue weighted by Gasteiger charge is 2.23. The third kappa shape index (κ3) is 4.68. The van der Waals surface area contributed by atoms with Crippen molar-refractivity contribution in [1.82, 2.24) is 15.1 Å². The van der Waals surface area contributed by atoms with Gasteiger partial charge in [-0.25, -0.2) is 4.79 Å². The van der Waals surface area contributed by atoms with Gasteiger partial charge in [-0.1, -0.05) is 48.5 Å². The molecule has 1 saturated heterocycles. The van der Waals surface area contributed by atoms with Gasteiger partial charge < -0.3 is 10.1 Å². The van der Waals surface area contributed by atoms with Crippen molar-refractivity contribution in [3.05, 3.63) is 108 Å². The van der Waals surface area contributed by atoms with Gasteiger partial charge >= 0.3 is 6.09 Å². The van der Waals surface area contributed by atoms with Crippen LogP contribution in [0.1, 0.15) is 21.5 Å². The first kappa shape index (κ1) is 21.5. The Kier molecular flexibility index (Phi) is 6.07. The SMILES string of the molecule is O=C(NCc1ccccc1-c1ccc(Cn2cccn2)cc1)c1ccc(N2CCOC2=O)cc1. The molecule has 7 heteroatoms. The van der Waals surface area contributed by atoms with E-state index in [1.54, 1.807) is 35.4 Å². The third-order valence-electron chi connectivity index (χ3n) is 5.83. The Morgan fingerprint density at radius 1 is 0.971 bits per heavy atom. The molecule has 3 aromatic carbocycles. The Morgan fingerprint density at radius 2 is 1.76 bits per heavy atom. The minimum atomic E-state index is -0.358. The van der Waals surface area contributed by atoms with Crippen LogP contribution < -0.4 is 10.2 Å². The van der Waals surface area contributed by atoms with E-state index in [4.69, 9.17) is 4.74 Å². The van der Waals surface area contributed by atoms with Crippen molar-refractivity contribution in [3.8, 4) is 11.1 Å². The molecule has 2 amide bonds. The number of benzene rings is 3. The van der Waals surface area contributed by atoms with Crippen LogP contribution in [0.15, 0.2) is 91.3 Å². The molecule has 0 atom stereocenters. The zero-order valence-corrected chi connectivity index (χ0v) is 18.6. The summed E-state index contributed by atoms with van der Waals surface area (Å²) in [6.07, 6.45) is 3.36. The van der Waals surface area contributed by atoms with Crippen molar-refractivity contribution in [1.29, 1.82) is 0 Å². The van der Waals surface area contributed by atoms with Crippen LogP contribution in [-0.4, -0.2) is 34.9 Å². The number of nitrogens with zero attached hydrogens (tertiary/aromatic N) is 3. The second-order valence-electron chi connectivity index (χ2n) is 8.05. The number of ether oxygens (including phenoxy) is 1. The van der Waals surface area contributed by atoms with Gasteiger partial charge in [0, 0.05) is 30.2 Å². The maximum absolute atomic E-state index is 12.7. The molecule has 1 fully saturated rings. The maximum Gasteiger partial charge on any atom is 0.414 e. The van der Waals surface area contributed by atoms with Crippen molar-refractivity contribution in [2.24, 2.45) is 0 Å². The number of rotatable bonds is 7. The van der Waals surface area contributed by atoms with E-state index < -0.39 is 0 Å². The zero-order valence-electron chi connectivity index (χ0n) is 18.6. The lowest BCUT2D eigenvalue weighted by molar-refractivity contribution is 0.0951. The highest BCUT2D eigenvalue weighted by Crippen LogP contribution is 2.25. The van der Waals surface area contributed by atoms with Gasteiger partial charge in [-0.15, -0.1) is 0 Å². The number of nitrogens with one attached hydrogen (secondary N) is 1. The van der Waals surface area contributed by atoms with E-state index in [1.165, 1.54) is 5.56 Å². The second kappa shape index (κ2) is 9.62. The number of aromatic nitrogens is 2. The summed E-state index contributed by atoms with van der Waals surface area (Å²) in [6.45, 7) is 2.03. The van der Waals surface area contributed by atoms with Gasteiger partial charge in [-0.3, -0.25) is 14.4 Å². The zero-order chi connectivity index (χ0) is 23.3. The van der Waals surface area contributed by atoms with Crippen LogP contribution in [0, 0.1) is 0 Å². The first-order valence-electron chi connectivity index (χ1n) is 11.1. The van der Waals surface area contributed by atoms with Crippen LogP contribution in [0.5, 0.6) is 0 Å². The highest BCUT2D eigenvalue weighted by molar-refractivity contribution is 5.95. The molecule has 1 aliphatic rings. The minimum Gasteiger partial charge on any atom is -0.447 e. The predicted molar refractivity (Wildman–Crippen MR) is 130 cm³/mol. The van der Waals surface area contributed by atoms with Gasteiger partial charge in [0.25, 0.3) is 5.91 Å². The molecule has 0 bridgehead atoms. The molecule has 4 aromatic rings. The Balaban J connectivity index is 1.25. The monoisotopic (exact) mass is 452 g/mol. The summed E-state index contributed by atoms with van der Waals surface area (Å²) in [5.74, 6) is -0.167. The predicted octanol–water partition coefficient (Wildman–Crippen LogP) is 4.49. The first-order chi connectivity index (χ1) is 16.7. The van der Waals surface area contributed by atoms with Crippen LogP contribution in [0.4, 0.5) is 10.5 Å². The molecule has 34 heavy (non-hydrogen) atoms. The summed E-state index contributed by atoms with van der Waals surface area (Å²) in [5, 5.41) is 7.26. The second-order valence-corrected chi connectivity index (χ2v) is 8.05. The number of carbonyl (C=O) groups is 2. The third-order valence-corrected chi connectivity index (χ3v) is 5.83. The van der Waals surface area contributed by atoms with Gasteiger partial charge in [0.15, 0.2) is 0 Å². The largest absolute Gasteiger partial charge is 0.447 e. The van der Waals surface area contributed by atoms with Crippen molar-refractivity contribution < 1.29 is 14.3 Å². The summed E-state index contributed by atoms with van der Waals surface area (Å²) in [6, 6.07) is 25.3. The van der Waals surface area contributed by atoms with Crippen LogP contribution in [0.3, 0.4) is 0 Å². The molecule has 2 heterocycles. The average molecular weight is 453 g/mol. The molecule has 0 unspecified atom stereocenters. The summed E-state index contributed by atoms with van der Waals surface area (Å²) in [5.41, 5.74) is 5.64. The summed E-state index contributed by atoms with van der Waals surface area (Å²) < 4.78 is 6.86. The van der Waals surface area contributed by atoms with Crippen LogP contribution >= 0.6 is 0 Å². The molecule has 0 aliphatic carbocycles. The maximum atomic E-state index is 12.7. The molecule has 1 aromatic heterocycles. The average Bonchev–Trinajstić information content (AvgIpc) is 3.55. The number of amides is 2. The standard InChI is InChI=1S/C27H24N4O3/c32-26(22-10-12-24(13-11-22)31-16-17-34-27(31)33)28-18-23-4-1-2-5-25(23)21-8-6-20(7-9-21)19-30-15-3-14-29-30/h1-15H,16-19H2,(H,28,32). The van der Waals surface area contributed by atoms with Crippen LogP contribution in [0.2, 0.25) is 0 Å². The van der Waals surface area contributed by atoms with Gasteiger partial charge in [0.05, 0.1) is 13.1 Å². The lowest BCUT2D eigenvalue weighted by Gasteiger charge is -2.14. The van der Waals surface area contributed by atoms with Crippen molar-refractivity contribution in [2.45, 2.75) is 13.1 Å². The van der Waals surface area contributed by atoms with E-state index >= 15 is 0 Å². The van der Waals surface area contributed by atoms with E-state index in [0.717, 1.165) is 28.9 Å². The Morgan fingerprint density at radius 3 is 2.47 bits per heavy atom. The number of carbonyl (C=O) groups excluding carboxylic acids is 2.